The first kappa shape index (κ1) is 22.3. The summed E-state index contributed by atoms with van der Waals surface area (Å²) in [7, 11) is -2.31. The smallest absolute Gasteiger partial charge is 0.253 e. The third-order valence-electron chi connectivity index (χ3n) is 5.96. The van der Waals surface area contributed by atoms with Crippen LogP contribution in [-0.2, 0) is 16.6 Å². The van der Waals surface area contributed by atoms with Gasteiger partial charge in [-0.1, -0.05) is 12.1 Å². The van der Waals surface area contributed by atoms with Crippen molar-refractivity contribution in [2.75, 3.05) is 33.3 Å². The second-order valence-corrected chi connectivity index (χ2v) is 11.2. The van der Waals surface area contributed by atoms with Crippen LogP contribution in [0.25, 0.3) is 10.2 Å². The minimum Gasteiger partial charge on any atom is -0.495 e. The van der Waals surface area contributed by atoms with Crippen molar-refractivity contribution < 1.29 is 17.9 Å². The van der Waals surface area contributed by atoms with E-state index in [1.165, 1.54) is 17.9 Å². The van der Waals surface area contributed by atoms with Crippen LogP contribution in [0.1, 0.15) is 28.2 Å². The first-order valence-corrected chi connectivity index (χ1v) is 13.3. The Morgan fingerprint density at radius 3 is 2.61 bits per heavy atom. The number of nitrogens with one attached hydrogen (secondary N) is 1. The van der Waals surface area contributed by atoms with E-state index in [2.05, 4.69) is 15.7 Å². The van der Waals surface area contributed by atoms with Crippen molar-refractivity contribution in [1.29, 1.82) is 0 Å². The van der Waals surface area contributed by atoms with Gasteiger partial charge in [0.15, 0.2) is 0 Å². The fourth-order valence-corrected chi connectivity index (χ4v) is 6.48. The summed E-state index contributed by atoms with van der Waals surface area (Å²) in [6.45, 7) is 3.41. The zero-order valence-electron chi connectivity index (χ0n) is 18.4. The van der Waals surface area contributed by atoms with E-state index in [1.807, 2.05) is 18.2 Å². The number of piperazine rings is 1. The zero-order valence-corrected chi connectivity index (χ0v) is 20.0. The minimum absolute atomic E-state index is 0.0113. The van der Waals surface area contributed by atoms with E-state index < -0.39 is 10.0 Å². The van der Waals surface area contributed by atoms with Crippen LogP contribution in [0.4, 0.5) is 0 Å². The molecule has 10 heteroatoms. The normalized spacial score (nSPS) is 17.4. The number of hydrogen-bond acceptors (Lipinski definition) is 7. The maximum Gasteiger partial charge on any atom is 0.253 e. The lowest BCUT2D eigenvalue weighted by molar-refractivity contribution is 0.0628. The van der Waals surface area contributed by atoms with Crippen LogP contribution in [0, 0.1) is 0 Å². The number of para-hydroxylation sites is 1. The number of methoxy groups -OCH3 is 1. The van der Waals surface area contributed by atoms with Gasteiger partial charge < -0.3 is 9.64 Å². The van der Waals surface area contributed by atoms with Crippen LogP contribution in [0.3, 0.4) is 0 Å². The number of fused-ring (bicyclic) bond motifs is 1. The molecule has 1 N–H and O–H groups in total. The molecule has 2 heterocycles. The average molecular weight is 487 g/mol. The Bertz CT molecular complexity index is 1250. The molecule has 2 aromatic carbocycles. The Labute approximate surface area is 197 Å². The molecule has 8 nitrogen and oxygen atoms in total. The summed E-state index contributed by atoms with van der Waals surface area (Å²) >= 11 is 1.70. The lowest BCUT2D eigenvalue weighted by Gasteiger charge is -2.34. The van der Waals surface area contributed by atoms with Crippen molar-refractivity contribution in [2.45, 2.75) is 30.3 Å². The number of ether oxygens (including phenoxy) is 1. The van der Waals surface area contributed by atoms with E-state index >= 15 is 0 Å². The van der Waals surface area contributed by atoms with Crippen molar-refractivity contribution in [2.24, 2.45) is 0 Å². The molecule has 0 bridgehead atoms. The number of hydrogen-bond donors (Lipinski definition) is 1. The molecule has 1 aromatic heterocycles. The maximum atomic E-state index is 13.1. The van der Waals surface area contributed by atoms with Gasteiger partial charge in [0, 0.05) is 37.8 Å². The standard InChI is InChI=1S/C23H26N4O4S2/c1-31-19-9-6-16(14-21(19)33(29,30)25-17-7-8-17)23(28)27-12-10-26(11-13-27)15-22-24-18-4-2-3-5-20(18)32-22/h2-6,9,14,17,25H,7-8,10-13,15H2,1H3. The molecular formula is C23H26N4O4S2. The van der Waals surface area contributed by atoms with E-state index in [9.17, 15) is 13.2 Å². The number of amides is 1. The Hall–Kier alpha value is -2.53. The number of benzene rings is 2. The number of carbonyl (C=O) groups is 1. The molecule has 1 aliphatic heterocycles. The summed E-state index contributed by atoms with van der Waals surface area (Å²) in [6.07, 6.45) is 1.67. The summed E-state index contributed by atoms with van der Waals surface area (Å²) in [5.41, 5.74) is 1.37. The van der Waals surface area contributed by atoms with Crippen LogP contribution in [0.15, 0.2) is 47.4 Å². The highest BCUT2D eigenvalue weighted by Gasteiger charge is 2.31. The van der Waals surface area contributed by atoms with Crippen LogP contribution in [0.5, 0.6) is 5.75 Å². The van der Waals surface area contributed by atoms with Crippen molar-refractivity contribution in [1.82, 2.24) is 19.5 Å². The predicted molar refractivity (Wildman–Crippen MR) is 127 cm³/mol. The topological polar surface area (TPSA) is 91.8 Å². The second kappa shape index (κ2) is 9.02. The van der Waals surface area contributed by atoms with Gasteiger partial charge >= 0.3 is 0 Å². The van der Waals surface area contributed by atoms with Crippen molar-refractivity contribution >= 4 is 37.5 Å². The third-order valence-corrected chi connectivity index (χ3v) is 8.52. The number of aromatic nitrogens is 1. The van der Waals surface area contributed by atoms with E-state index in [-0.39, 0.29) is 22.6 Å². The van der Waals surface area contributed by atoms with E-state index in [0.717, 1.165) is 43.0 Å². The molecule has 1 aliphatic carbocycles. The molecule has 3 aromatic rings. The molecule has 1 amide bonds. The van der Waals surface area contributed by atoms with Gasteiger partial charge in [0.05, 0.1) is 23.9 Å². The summed E-state index contributed by atoms with van der Waals surface area (Å²) < 4.78 is 34.6. The quantitative estimate of drug-likeness (QED) is 0.552. The number of sulfonamides is 1. The van der Waals surface area contributed by atoms with Crippen LogP contribution in [0.2, 0.25) is 0 Å². The van der Waals surface area contributed by atoms with Gasteiger partial charge in [0.2, 0.25) is 10.0 Å². The van der Waals surface area contributed by atoms with Gasteiger partial charge in [-0.2, -0.15) is 0 Å². The Morgan fingerprint density at radius 2 is 1.91 bits per heavy atom. The number of nitrogens with zero attached hydrogens (tertiary/aromatic N) is 3. The number of carbonyl (C=O) groups excluding carboxylic acids is 1. The summed E-state index contributed by atoms with van der Waals surface area (Å²) in [5.74, 6) is 0.0699. The Morgan fingerprint density at radius 1 is 1.15 bits per heavy atom. The lowest BCUT2D eigenvalue weighted by atomic mass is 10.1. The molecule has 174 valence electrons. The van der Waals surface area contributed by atoms with Crippen LogP contribution >= 0.6 is 11.3 Å². The molecule has 33 heavy (non-hydrogen) atoms. The van der Waals surface area contributed by atoms with Gasteiger partial charge in [-0.05, 0) is 43.2 Å². The molecule has 1 saturated heterocycles. The first-order valence-electron chi connectivity index (χ1n) is 11.0. The van der Waals surface area contributed by atoms with Crippen molar-refractivity contribution in [3.8, 4) is 5.75 Å². The molecule has 2 aliphatic rings. The molecule has 2 fully saturated rings. The van der Waals surface area contributed by atoms with Gasteiger partial charge in [0.1, 0.15) is 15.7 Å². The molecule has 5 rings (SSSR count). The molecule has 0 atom stereocenters. The van der Waals surface area contributed by atoms with E-state index in [1.54, 1.807) is 28.4 Å². The molecule has 1 saturated carbocycles. The van der Waals surface area contributed by atoms with Crippen LogP contribution in [-0.4, -0.2) is 68.4 Å². The summed E-state index contributed by atoms with van der Waals surface area (Å²) in [5, 5.41) is 1.07. The van der Waals surface area contributed by atoms with Gasteiger partial charge in [-0.3, -0.25) is 9.69 Å². The minimum atomic E-state index is -3.74. The zero-order chi connectivity index (χ0) is 23.0. The highest BCUT2D eigenvalue weighted by Crippen LogP contribution is 2.29. The lowest BCUT2D eigenvalue weighted by Crippen LogP contribution is -2.48. The van der Waals surface area contributed by atoms with Crippen LogP contribution < -0.4 is 9.46 Å². The molecule has 0 unspecified atom stereocenters. The summed E-state index contributed by atoms with van der Waals surface area (Å²) in [4.78, 5) is 21.9. The summed E-state index contributed by atoms with van der Waals surface area (Å²) in [6, 6.07) is 12.7. The number of thiazole rings is 1. The monoisotopic (exact) mass is 486 g/mol. The highest BCUT2D eigenvalue weighted by atomic mass is 32.2. The van der Waals surface area contributed by atoms with E-state index in [4.69, 9.17) is 9.72 Å². The second-order valence-electron chi connectivity index (χ2n) is 8.40. The third kappa shape index (κ3) is 4.89. The van der Waals surface area contributed by atoms with Crippen molar-refractivity contribution in [3.63, 3.8) is 0 Å². The largest absolute Gasteiger partial charge is 0.495 e. The van der Waals surface area contributed by atoms with Gasteiger partial charge in [-0.15, -0.1) is 11.3 Å². The first-order chi connectivity index (χ1) is 15.9. The fraction of sp³-hybridized carbons (Fsp3) is 0.391. The predicted octanol–water partition coefficient (Wildman–Crippen LogP) is 2.70. The molecule has 0 spiro atoms. The van der Waals surface area contributed by atoms with Gasteiger partial charge in [-0.25, -0.2) is 18.1 Å². The highest BCUT2D eigenvalue weighted by molar-refractivity contribution is 7.89. The SMILES string of the molecule is COc1ccc(C(=O)N2CCN(Cc3nc4ccccc4s3)CC2)cc1S(=O)(=O)NC1CC1. The average Bonchev–Trinajstić information content (AvgIpc) is 3.53. The number of rotatable bonds is 7. The maximum absolute atomic E-state index is 13.1. The fourth-order valence-electron chi connectivity index (χ4n) is 3.97. The Kier molecular flexibility index (Phi) is 6.09. The van der Waals surface area contributed by atoms with Gasteiger partial charge in [0.25, 0.3) is 5.91 Å². The molecule has 0 radical (unpaired) electrons. The Balaban J connectivity index is 1.25. The molecular weight excluding hydrogens is 460 g/mol. The van der Waals surface area contributed by atoms with Crippen molar-refractivity contribution in [3.05, 3.63) is 53.0 Å². The van der Waals surface area contributed by atoms with E-state index in [0.29, 0.717) is 18.7 Å².